The Bertz CT molecular complexity index is 906. The number of para-hydroxylation sites is 2. The highest BCUT2D eigenvalue weighted by molar-refractivity contribution is 9.10. The van der Waals surface area contributed by atoms with Gasteiger partial charge in [-0.2, -0.15) is 0 Å². The molecule has 24 heavy (non-hydrogen) atoms. The number of hydrogen-bond acceptors (Lipinski definition) is 2. The molecule has 4 rings (SSSR count). The number of hydrogen-bond donors (Lipinski definition) is 1. The summed E-state index contributed by atoms with van der Waals surface area (Å²) in [6.07, 6.45) is 2.01. The number of piperidine rings is 1. The Morgan fingerprint density at radius 1 is 1.04 bits per heavy atom. The van der Waals surface area contributed by atoms with Gasteiger partial charge in [0.05, 0.1) is 11.0 Å². The SMILES string of the molecule is O=c1[nH]c2ccccc2n1C1CCN(Cc2ccccc2Br)CC1. The Labute approximate surface area is 149 Å². The number of halogens is 1. The summed E-state index contributed by atoms with van der Waals surface area (Å²) < 4.78 is 3.12. The first-order valence-electron chi connectivity index (χ1n) is 8.37. The molecule has 1 aliphatic heterocycles. The number of imidazole rings is 1. The Balaban J connectivity index is 1.49. The molecular weight excluding hydrogens is 366 g/mol. The third kappa shape index (κ3) is 2.94. The lowest BCUT2D eigenvalue weighted by atomic mass is 10.0. The lowest BCUT2D eigenvalue weighted by Crippen LogP contribution is -2.36. The van der Waals surface area contributed by atoms with Gasteiger partial charge in [-0.05, 0) is 36.6 Å². The molecule has 0 amide bonds. The summed E-state index contributed by atoms with van der Waals surface area (Å²) in [5.41, 5.74) is 3.28. The Hall–Kier alpha value is -1.85. The fraction of sp³-hybridized carbons (Fsp3) is 0.316. The van der Waals surface area contributed by atoms with Crippen LogP contribution in [0, 0.1) is 0 Å². The Morgan fingerprint density at radius 3 is 2.54 bits per heavy atom. The minimum absolute atomic E-state index is 0.0143. The van der Waals surface area contributed by atoms with Crippen molar-refractivity contribution in [2.24, 2.45) is 0 Å². The average Bonchev–Trinajstić information content (AvgIpc) is 2.93. The molecule has 4 nitrogen and oxygen atoms in total. The Kier molecular flexibility index (Phi) is 4.29. The molecule has 1 aromatic heterocycles. The lowest BCUT2D eigenvalue weighted by molar-refractivity contribution is 0.179. The van der Waals surface area contributed by atoms with Crippen LogP contribution in [0.1, 0.15) is 24.4 Å². The summed E-state index contributed by atoms with van der Waals surface area (Å²) in [5.74, 6) is 0. The molecule has 0 bridgehead atoms. The van der Waals surface area contributed by atoms with E-state index in [4.69, 9.17) is 0 Å². The molecule has 1 N–H and O–H groups in total. The standard InChI is InChI=1S/C19H20BrN3O/c20-16-6-2-1-5-14(16)13-22-11-9-15(10-12-22)23-18-8-4-3-7-17(18)21-19(23)24/h1-8,15H,9-13H2,(H,21,24). The van der Waals surface area contributed by atoms with Crippen LogP contribution in [0.2, 0.25) is 0 Å². The molecule has 124 valence electrons. The number of fused-ring (bicyclic) bond motifs is 1. The van der Waals surface area contributed by atoms with Crippen LogP contribution in [0.25, 0.3) is 11.0 Å². The van der Waals surface area contributed by atoms with Gasteiger partial charge >= 0.3 is 5.69 Å². The quantitative estimate of drug-likeness (QED) is 0.741. The molecule has 0 spiro atoms. The van der Waals surface area contributed by atoms with Crippen molar-refractivity contribution in [1.29, 1.82) is 0 Å². The minimum atomic E-state index is 0.0143. The maximum Gasteiger partial charge on any atom is 0.326 e. The molecule has 1 saturated heterocycles. The van der Waals surface area contributed by atoms with Crippen molar-refractivity contribution in [3.63, 3.8) is 0 Å². The van der Waals surface area contributed by atoms with Crippen LogP contribution in [0.5, 0.6) is 0 Å². The van der Waals surface area contributed by atoms with Gasteiger partial charge in [-0.1, -0.05) is 46.3 Å². The van der Waals surface area contributed by atoms with E-state index in [1.165, 1.54) is 10.0 Å². The number of rotatable bonds is 3. The number of aromatic amines is 1. The van der Waals surface area contributed by atoms with Crippen LogP contribution in [-0.4, -0.2) is 27.5 Å². The molecule has 5 heteroatoms. The van der Waals surface area contributed by atoms with E-state index in [2.05, 4.69) is 44.0 Å². The molecule has 0 unspecified atom stereocenters. The van der Waals surface area contributed by atoms with Gasteiger partial charge in [0.1, 0.15) is 0 Å². The molecule has 2 heterocycles. The molecule has 1 fully saturated rings. The number of H-pyrrole nitrogens is 1. The van der Waals surface area contributed by atoms with E-state index in [1.807, 2.05) is 34.9 Å². The fourth-order valence-electron chi connectivity index (χ4n) is 3.64. The number of nitrogens with one attached hydrogen (secondary N) is 1. The van der Waals surface area contributed by atoms with E-state index in [1.54, 1.807) is 0 Å². The van der Waals surface area contributed by atoms with Crippen LogP contribution in [0.4, 0.5) is 0 Å². The summed E-state index contributed by atoms with van der Waals surface area (Å²) in [4.78, 5) is 17.8. The lowest BCUT2D eigenvalue weighted by Gasteiger charge is -2.32. The van der Waals surface area contributed by atoms with Crippen LogP contribution in [0.3, 0.4) is 0 Å². The second-order valence-electron chi connectivity index (χ2n) is 6.42. The van der Waals surface area contributed by atoms with Gasteiger partial charge in [-0.25, -0.2) is 4.79 Å². The maximum absolute atomic E-state index is 12.3. The van der Waals surface area contributed by atoms with Crippen molar-refractivity contribution in [2.75, 3.05) is 13.1 Å². The topological polar surface area (TPSA) is 41.0 Å². The number of benzene rings is 2. The van der Waals surface area contributed by atoms with Gasteiger partial charge in [0, 0.05) is 30.1 Å². The molecule has 3 aromatic rings. The molecule has 0 saturated carbocycles. The van der Waals surface area contributed by atoms with Gasteiger partial charge in [-0.15, -0.1) is 0 Å². The van der Waals surface area contributed by atoms with Crippen LogP contribution < -0.4 is 5.69 Å². The van der Waals surface area contributed by atoms with Crippen molar-refractivity contribution in [3.8, 4) is 0 Å². The largest absolute Gasteiger partial charge is 0.326 e. The van der Waals surface area contributed by atoms with Gasteiger partial charge in [0.15, 0.2) is 0 Å². The van der Waals surface area contributed by atoms with Crippen LogP contribution in [0.15, 0.2) is 57.8 Å². The number of nitrogens with zero attached hydrogens (tertiary/aromatic N) is 2. The van der Waals surface area contributed by atoms with Gasteiger partial charge in [0.25, 0.3) is 0 Å². The average molecular weight is 386 g/mol. The van der Waals surface area contributed by atoms with Crippen molar-refractivity contribution >= 4 is 27.0 Å². The zero-order valence-corrected chi connectivity index (χ0v) is 15.0. The highest BCUT2D eigenvalue weighted by Crippen LogP contribution is 2.26. The predicted octanol–water partition coefficient (Wildman–Crippen LogP) is 3.93. The highest BCUT2D eigenvalue weighted by Gasteiger charge is 2.23. The molecular formula is C19H20BrN3O. The van der Waals surface area contributed by atoms with E-state index in [-0.39, 0.29) is 11.7 Å². The van der Waals surface area contributed by atoms with E-state index >= 15 is 0 Å². The first-order valence-corrected chi connectivity index (χ1v) is 9.16. The summed E-state index contributed by atoms with van der Waals surface area (Å²) in [6.45, 7) is 2.98. The predicted molar refractivity (Wildman–Crippen MR) is 100 cm³/mol. The van der Waals surface area contributed by atoms with E-state index in [0.717, 1.165) is 43.5 Å². The van der Waals surface area contributed by atoms with Crippen molar-refractivity contribution in [2.45, 2.75) is 25.4 Å². The summed E-state index contributed by atoms with van der Waals surface area (Å²) in [6, 6.07) is 16.6. The van der Waals surface area contributed by atoms with E-state index in [0.29, 0.717) is 0 Å². The number of likely N-dealkylation sites (tertiary alicyclic amines) is 1. The van der Waals surface area contributed by atoms with Crippen molar-refractivity contribution in [3.05, 3.63) is 69.1 Å². The van der Waals surface area contributed by atoms with Gasteiger partial charge in [0.2, 0.25) is 0 Å². The summed E-state index contributed by atoms with van der Waals surface area (Å²) >= 11 is 3.63. The third-order valence-electron chi connectivity index (χ3n) is 4.90. The van der Waals surface area contributed by atoms with Gasteiger partial charge < -0.3 is 4.98 Å². The first-order chi connectivity index (χ1) is 11.7. The summed E-state index contributed by atoms with van der Waals surface area (Å²) in [7, 11) is 0. The zero-order valence-electron chi connectivity index (χ0n) is 13.4. The van der Waals surface area contributed by atoms with Crippen LogP contribution in [-0.2, 0) is 6.54 Å². The van der Waals surface area contributed by atoms with E-state index < -0.39 is 0 Å². The first kappa shape index (κ1) is 15.7. The zero-order chi connectivity index (χ0) is 16.5. The van der Waals surface area contributed by atoms with Gasteiger partial charge in [-0.3, -0.25) is 9.47 Å². The van der Waals surface area contributed by atoms with Crippen molar-refractivity contribution < 1.29 is 0 Å². The Morgan fingerprint density at radius 2 is 1.75 bits per heavy atom. The molecule has 2 aromatic carbocycles. The third-order valence-corrected chi connectivity index (χ3v) is 5.67. The second kappa shape index (κ2) is 6.57. The molecule has 0 radical (unpaired) electrons. The highest BCUT2D eigenvalue weighted by atomic mass is 79.9. The molecule has 0 aliphatic carbocycles. The monoisotopic (exact) mass is 385 g/mol. The minimum Gasteiger partial charge on any atom is -0.306 e. The molecule has 1 aliphatic rings. The number of aromatic nitrogens is 2. The fourth-order valence-corrected chi connectivity index (χ4v) is 4.05. The van der Waals surface area contributed by atoms with Crippen molar-refractivity contribution in [1.82, 2.24) is 14.5 Å². The van der Waals surface area contributed by atoms with E-state index in [9.17, 15) is 4.79 Å². The normalized spacial score (nSPS) is 16.7. The smallest absolute Gasteiger partial charge is 0.306 e. The second-order valence-corrected chi connectivity index (χ2v) is 7.27. The maximum atomic E-state index is 12.3. The van der Waals surface area contributed by atoms with Crippen LogP contribution >= 0.6 is 15.9 Å². The summed E-state index contributed by atoms with van der Waals surface area (Å²) in [5, 5.41) is 0. The molecule has 0 atom stereocenters.